The average molecular weight is 297 g/mol. The zero-order chi connectivity index (χ0) is 15.8. The van der Waals surface area contributed by atoms with Crippen molar-refractivity contribution < 1.29 is 9.59 Å². The largest absolute Gasteiger partial charge is 0.353 e. The Morgan fingerprint density at radius 3 is 2.76 bits per heavy atom. The molecule has 0 aromatic carbocycles. The molecule has 1 rings (SSSR count). The van der Waals surface area contributed by atoms with Crippen LogP contribution in [-0.2, 0) is 11.3 Å². The number of hydrogen-bond donors (Lipinski definition) is 3. The second kappa shape index (κ2) is 8.32. The molecule has 2 amide bonds. The van der Waals surface area contributed by atoms with Gasteiger partial charge >= 0.3 is 0 Å². The maximum atomic E-state index is 11.7. The van der Waals surface area contributed by atoms with Crippen LogP contribution in [-0.4, -0.2) is 57.4 Å². The lowest BCUT2D eigenvalue weighted by Gasteiger charge is -2.20. The van der Waals surface area contributed by atoms with Crippen LogP contribution in [0.2, 0.25) is 0 Å². The second-order valence-electron chi connectivity index (χ2n) is 4.93. The molecule has 0 spiro atoms. The highest BCUT2D eigenvalue weighted by Gasteiger charge is 2.12. The van der Waals surface area contributed by atoms with Crippen LogP contribution in [0.15, 0.2) is 6.20 Å². The molecule has 0 saturated carbocycles. The van der Waals surface area contributed by atoms with Gasteiger partial charge < -0.3 is 5.32 Å². The first-order chi connectivity index (χ1) is 9.96. The summed E-state index contributed by atoms with van der Waals surface area (Å²) in [6, 6.07) is 0.129. The lowest BCUT2D eigenvalue weighted by molar-refractivity contribution is -0.122. The predicted molar refractivity (Wildman–Crippen MR) is 77.1 cm³/mol. The van der Waals surface area contributed by atoms with Gasteiger partial charge in [0.25, 0.3) is 5.91 Å². The molecule has 9 heteroatoms. The summed E-state index contributed by atoms with van der Waals surface area (Å²) in [4.78, 5) is 25.0. The van der Waals surface area contributed by atoms with Crippen molar-refractivity contribution in [1.29, 1.82) is 0 Å². The Morgan fingerprint density at radius 2 is 2.19 bits per heavy atom. The van der Waals surface area contributed by atoms with Crippen molar-refractivity contribution >= 4 is 11.8 Å². The van der Waals surface area contributed by atoms with E-state index >= 15 is 0 Å². The highest BCUT2D eigenvalue weighted by Crippen LogP contribution is 1.95. The Hall–Kier alpha value is -2.00. The van der Waals surface area contributed by atoms with Crippen LogP contribution in [0.4, 0.5) is 0 Å². The van der Waals surface area contributed by atoms with E-state index in [-0.39, 0.29) is 17.6 Å². The third kappa shape index (κ3) is 5.88. The van der Waals surface area contributed by atoms with E-state index in [2.05, 4.69) is 15.6 Å². The summed E-state index contributed by atoms with van der Waals surface area (Å²) in [6.45, 7) is 8.08. The third-order valence-electron chi connectivity index (χ3n) is 2.81. The minimum absolute atomic E-state index is 0.00589. The fourth-order valence-electron chi connectivity index (χ4n) is 1.75. The van der Waals surface area contributed by atoms with Crippen LogP contribution in [0.1, 0.15) is 31.3 Å². The summed E-state index contributed by atoms with van der Waals surface area (Å²) < 4.78 is 1.55. The number of nitrogens with one attached hydrogen (secondary N) is 2. The van der Waals surface area contributed by atoms with E-state index in [9.17, 15) is 9.59 Å². The van der Waals surface area contributed by atoms with Crippen molar-refractivity contribution in [2.75, 3.05) is 19.6 Å². The van der Waals surface area contributed by atoms with Crippen LogP contribution in [0, 0.1) is 0 Å². The summed E-state index contributed by atoms with van der Waals surface area (Å²) in [6.07, 6.45) is 1.52. The standard InChI is InChI=1S/C12H23N7O2/c1-4-18(8-11(20)14-9(2)3)5-6-19-7-10(16-17-19)12(21)15-13/h7,9H,4-6,8,13H2,1-3H3,(H,14,20)(H,15,21). The van der Waals surface area contributed by atoms with Gasteiger partial charge in [-0.1, -0.05) is 12.1 Å². The van der Waals surface area contributed by atoms with Gasteiger partial charge in [-0.25, -0.2) is 5.84 Å². The second-order valence-corrected chi connectivity index (χ2v) is 4.93. The minimum atomic E-state index is -0.482. The van der Waals surface area contributed by atoms with Crippen molar-refractivity contribution in [3.8, 4) is 0 Å². The van der Waals surface area contributed by atoms with E-state index in [1.54, 1.807) is 4.68 Å². The molecule has 0 atom stereocenters. The van der Waals surface area contributed by atoms with Gasteiger partial charge in [0.2, 0.25) is 5.91 Å². The molecule has 21 heavy (non-hydrogen) atoms. The number of aromatic nitrogens is 3. The highest BCUT2D eigenvalue weighted by atomic mass is 16.2. The molecule has 0 fully saturated rings. The molecule has 4 N–H and O–H groups in total. The maximum Gasteiger partial charge on any atom is 0.287 e. The van der Waals surface area contributed by atoms with Gasteiger partial charge in [-0.2, -0.15) is 0 Å². The predicted octanol–water partition coefficient (Wildman–Crippen LogP) is -1.27. The van der Waals surface area contributed by atoms with Gasteiger partial charge in [-0.15, -0.1) is 5.10 Å². The van der Waals surface area contributed by atoms with Crippen molar-refractivity contribution in [2.24, 2.45) is 5.84 Å². The van der Waals surface area contributed by atoms with E-state index in [0.29, 0.717) is 19.6 Å². The normalized spacial score (nSPS) is 11.0. The maximum absolute atomic E-state index is 11.7. The van der Waals surface area contributed by atoms with Crippen molar-refractivity contribution in [1.82, 2.24) is 30.6 Å². The average Bonchev–Trinajstić information content (AvgIpc) is 2.90. The monoisotopic (exact) mass is 297 g/mol. The van der Waals surface area contributed by atoms with Crippen molar-refractivity contribution in [2.45, 2.75) is 33.4 Å². The number of likely N-dealkylation sites (N-methyl/N-ethyl adjacent to an activating group) is 1. The number of hydrogen-bond acceptors (Lipinski definition) is 6. The molecule has 0 radical (unpaired) electrons. The summed E-state index contributed by atoms with van der Waals surface area (Å²) >= 11 is 0. The molecule has 0 aliphatic rings. The van der Waals surface area contributed by atoms with Crippen LogP contribution in [0.5, 0.6) is 0 Å². The molecule has 1 aromatic heterocycles. The van der Waals surface area contributed by atoms with Crippen molar-refractivity contribution in [3.05, 3.63) is 11.9 Å². The molecule has 0 aliphatic heterocycles. The Labute approximate surface area is 123 Å². The van der Waals surface area contributed by atoms with Gasteiger partial charge in [0.15, 0.2) is 5.69 Å². The number of nitrogen functional groups attached to an aromatic ring is 1. The number of carbonyl (C=O) groups is 2. The van der Waals surface area contributed by atoms with E-state index in [4.69, 9.17) is 5.84 Å². The fraction of sp³-hybridized carbons (Fsp3) is 0.667. The highest BCUT2D eigenvalue weighted by molar-refractivity contribution is 5.91. The number of amides is 2. The first-order valence-corrected chi connectivity index (χ1v) is 6.89. The summed E-state index contributed by atoms with van der Waals surface area (Å²) in [5.74, 6) is 4.53. The fourth-order valence-corrected chi connectivity index (χ4v) is 1.75. The molecule has 0 bridgehead atoms. The Kier molecular flexibility index (Phi) is 6.76. The first-order valence-electron chi connectivity index (χ1n) is 6.89. The number of rotatable bonds is 8. The Balaban J connectivity index is 2.46. The zero-order valence-electron chi connectivity index (χ0n) is 12.7. The smallest absolute Gasteiger partial charge is 0.287 e. The van der Waals surface area contributed by atoms with E-state index < -0.39 is 5.91 Å². The summed E-state index contributed by atoms with van der Waals surface area (Å²) in [7, 11) is 0. The lowest BCUT2D eigenvalue weighted by atomic mass is 10.3. The summed E-state index contributed by atoms with van der Waals surface area (Å²) in [5, 5.41) is 10.4. The SMILES string of the molecule is CCN(CCn1cc(C(=O)NN)nn1)CC(=O)NC(C)C. The molecule has 9 nitrogen and oxygen atoms in total. The van der Waals surface area contributed by atoms with Gasteiger partial charge in [0, 0.05) is 12.6 Å². The van der Waals surface area contributed by atoms with E-state index in [0.717, 1.165) is 6.54 Å². The van der Waals surface area contributed by atoms with Crippen LogP contribution >= 0.6 is 0 Å². The van der Waals surface area contributed by atoms with Gasteiger partial charge in [0.1, 0.15) is 0 Å². The number of nitrogens with two attached hydrogens (primary N) is 1. The van der Waals surface area contributed by atoms with Gasteiger partial charge in [-0.05, 0) is 20.4 Å². The first kappa shape index (κ1) is 17.1. The van der Waals surface area contributed by atoms with E-state index in [1.165, 1.54) is 6.20 Å². The minimum Gasteiger partial charge on any atom is -0.353 e. The Bertz CT molecular complexity index is 472. The Morgan fingerprint density at radius 1 is 1.48 bits per heavy atom. The number of hydrazine groups is 1. The van der Waals surface area contributed by atoms with Crippen molar-refractivity contribution in [3.63, 3.8) is 0 Å². The molecular formula is C12H23N7O2. The molecule has 1 aromatic rings. The number of carbonyl (C=O) groups excluding carboxylic acids is 2. The third-order valence-corrected chi connectivity index (χ3v) is 2.81. The lowest BCUT2D eigenvalue weighted by Crippen LogP contribution is -2.41. The zero-order valence-corrected chi connectivity index (χ0v) is 12.7. The molecule has 118 valence electrons. The van der Waals surface area contributed by atoms with Gasteiger partial charge in [-0.3, -0.25) is 24.6 Å². The van der Waals surface area contributed by atoms with Crippen LogP contribution in [0.3, 0.4) is 0 Å². The van der Waals surface area contributed by atoms with Crippen LogP contribution < -0.4 is 16.6 Å². The molecule has 0 aliphatic carbocycles. The molecule has 0 saturated heterocycles. The van der Waals surface area contributed by atoms with E-state index in [1.807, 2.05) is 31.1 Å². The van der Waals surface area contributed by atoms with Crippen LogP contribution in [0.25, 0.3) is 0 Å². The molecular weight excluding hydrogens is 274 g/mol. The quantitative estimate of drug-likeness (QED) is 0.313. The molecule has 0 unspecified atom stereocenters. The number of nitrogens with zero attached hydrogens (tertiary/aromatic N) is 4. The summed E-state index contributed by atoms with van der Waals surface area (Å²) in [5.41, 5.74) is 2.16. The van der Waals surface area contributed by atoms with Gasteiger partial charge in [0.05, 0.1) is 19.3 Å². The molecule has 1 heterocycles. The topological polar surface area (TPSA) is 118 Å².